The van der Waals surface area contributed by atoms with Gasteiger partial charge in [-0.25, -0.2) is 0 Å². The average Bonchev–Trinajstić information content (AvgIpc) is 2.50. The van der Waals surface area contributed by atoms with Crippen molar-refractivity contribution in [2.75, 3.05) is 20.1 Å². The molecular weight excluding hydrogens is 319 g/mol. The van der Waals surface area contributed by atoms with Crippen molar-refractivity contribution in [2.45, 2.75) is 31.7 Å². The summed E-state index contributed by atoms with van der Waals surface area (Å²) in [5.74, 6) is 1.51. The molecule has 1 aliphatic heterocycles. The van der Waals surface area contributed by atoms with Gasteiger partial charge < -0.3 is 10.2 Å². The monoisotopic (exact) mass is 340 g/mol. The van der Waals surface area contributed by atoms with Gasteiger partial charge in [0.15, 0.2) is 0 Å². The molecule has 2 fully saturated rings. The number of hydrogen-bond acceptors (Lipinski definition) is 2. The number of carbonyl (C=O) groups is 1. The third-order valence-corrected chi connectivity index (χ3v) is 5.82. The zero-order valence-corrected chi connectivity index (χ0v) is 14.3. The van der Waals surface area contributed by atoms with E-state index in [1.165, 1.54) is 25.9 Å². The molecule has 1 unspecified atom stereocenters. The predicted octanol–water partition coefficient (Wildman–Crippen LogP) is 3.84. The van der Waals surface area contributed by atoms with Crippen molar-refractivity contribution in [3.63, 3.8) is 0 Å². The molecule has 3 rings (SSSR count). The SMILES string of the molecule is CN1CC[C@H]2CC(NC(=O)c3ccc(Cl)c(Cl)c3)CC[C@H]2C1. The number of rotatable bonds is 2. The van der Waals surface area contributed by atoms with Gasteiger partial charge in [0.25, 0.3) is 5.91 Å². The second kappa shape index (κ2) is 6.77. The summed E-state index contributed by atoms with van der Waals surface area (Å²) in [6.45, 7) is 2.38. The van der Waals surface area contributed by atoms with Gasteiger partial charge in [0, 0.05) is 18.2 Å². The fraction of sp³-hybridized carbons (Fsp3) is 0.588. The molecule has 2 aliphatic rings. The maximum Gasteiger partial charge on any atom is 0.251 e. The molecule has 1 N–H and O–H groups in total. The van der Waals surface area contributed by atoms with E-state index in [9.17, 15) is 4.79 Å². The topological polar surface area (TPSA) is 32.3 Å². The Kier molecular flexibility index (Phi) is 4.96. The van der Waals surface area contributed by atoms with E-state index >= 15 is 0 Å². The van der Waals surface area contributed by atoms with Crippen LogP contribution < -0.4 is 5.32 Å². The summed E-state index contributed by atoms with van der Waals surface area (Å²) in [6.07, 6.45) is 4.63. The lowest BCUT2D eigenvalue weighted by Gasteiger charge is -2.42. The molecule has 3 nitrogen and oxygen atoms in total. The van der Waals surface area contributed by atoms with Crippen LogP contribution in [0, 0.1) is 11.8 Å². The molecule has 1 heterocycles. The van der Waals surface area contributed by atoms with E-state index in [1.54, 1.807) is 18.2 Å². The first kappa shape index (κ1) is 16.1. The van der Waals surface area contributed by atoms with Crippen molar-refractivity contribution < 1.29 is 4.79 Å². The molecular formula is C17H22Cl2N2O. The Bertz CT molecular complexity index is 564. The fourth-order valence-electron chi connectivity index (χ4n) is 3.84. The van der Waals surface area contributed by atoms with E-state index in [0.717, 1.165) is 24.7 Å². The summed E-state index contributed by atoms with van der Waals surface area (Å²) in [7, 11) is 2.20. The Labute approximate surface area is 142 Å². The molecule has 120 valence electrons. The third kappa shape index (κ3) is 3.58. The Morgan fingerprint density at radius 2 is 2.00 bits per heavy atom. The highest BCUT2D eigenvalue weighted by Gasteiger charge is 2.34. The van der Waals surface area contributed by atoms with Gasteiger partial charge in [0.1, 0.15) is 0 Å². The zero-order chi connectivity index (χ0) is 15.7. The number of carbonyl (C=O) groups excluding carboxylic acids is 1. The smallest absolute Gasteiger partial charge is 0.251 e. The molecule has 0 bridgehead atoms. The van der Waals surface area contributed by atoms with Crippen molar-refractivity contribution in [1.82, 2.24) is 10.2 Å². The highest BCUT2D eigenvalue weighted by atomic mass is 35.5. The van der Waals surface area contributed by atoms with Crippen LogP contribution in [0.25, 0.3) is 0 Å². The van der Waals surface area contributed by atoms with Crippen LogP contribution in [0.3, 0.4) is 0 Å². The van der Waals surface area contributed by atoms with Gasteiger partial charge in [0.2, 0.25) is 0 Å². The van der Waals surface area contributed by atoms with Crippen molar-refractivity contribution in [3.05, 3.63) is 33.8 Å². The Morgan fingerprint density at radius 1 is 1.18 bits per heavy atom. The quantitative estimate of drug-likeness (QED) is 0.886. The molecule has 22 heavy (non-hydrogen) atoms. The minimum absolute atomic E-state index is 0.0463. The van der Waals surface area contributed by atoms with Gasteiger partial charge >= 0.3 is 0 Å². The molecule has 1 aliphatic carbocycles. The molecule has 1 saturated carbocycles. The number of nitrogens with zero attached hydrogens (tertiary/aromatic N) is 1. The minimum atomic E-state index is -0.0463. The van der Waals surface area contributed by atoms with Gasteiger partial charge in [-0.3, -0.25) is 4.79 Å². The number of likely N-dealkylation sites (tertiary alicyclic amines) is 1. The predicted molar refractivity (Wildman–Crippen MR) is 90.7 cm³/mol. The van der Waals surface area contributed by atoms with E-state index < -0.39 is 0 Å². The average molecular weight is 341 g/mol. The number of nitrogens with one attached hydrogen (secondary N) is 1. The summed E-state index contributed by atoms with van der Waals surface area (Å²) < 4.78 is 0. The highest BCUT2D eigenvalue weighted by molar-refractivity contribution is 6.42. The zero-order valence-electron chi connectivity index (χ0n) is 12.8. The van der Waals surface area contributed by atoms with Crippen LogP contribution in [-0.4, -0.2) is 37.0 Å². The van der Waals surface area contributed by atoms with Crippen LogP contribution in [0.5, 0.6) is 0 Å². The van der Waals surface area contributed by atoms with Crippen LogP contribution in [0.2, 0.25) is 10.0 Å². The Balaban J connectivity index is 1.59. The fourth-order valence-corrected chi connectivity index (χ4v) is 4.13. The number of benzene rings is 1. The van der Waals surface area contributed by atoms with Gasteiger partial charge in [-0.15, -0.1) is 0 Å². The standard InChI is InChI=1S/C17H22Cl2N2O/c1-21-7-6-11-8-14(4-2-13(11)10-21)20-17(22)12-3-5-15(18)16(19)9-12/h3,5,9,11,13-14H,2,4,6-8,10H2,1H3,(H,20,22)/t11-,13-,14?/m0/s1. The van der Waals surface area contributed by atoms with Crippen LogP contribution in [0.1, 0.15) is 36.0 Å². The van der Waals surface area contributed by atoms with E-state index in [-0.39, 0.29) is 11.9 Å². The van der Waals surface area contributed by atoms with Gasteiger partial charge in [-0.1, -0.05) is 23.2 Å². The molecule has 0 radical (unpaired) electrons. The van der Waals surface area contributed by atoms with Crippen molar-refractivity contribution in [2.24, 2.45) is 11.8 Å². The maximum atomic E-state index is 12.4. The van der Waals surface area contributed by atoms with Crippen LogP contribution >= 0.6 is 23.2 Å². The number of hydrogen-bond donors (Lipinski definition) is 1. The Morgan fingerprint density at radius 3 is 2.77 bits per heavy atom. The summed E-state index contributed by atoms with van der Waals surface area (Å²) >= 11 is 11.9. The molecule has 5 heteroatoms. The molecule has 3 atom stereocenters. The lowest BCUT2D eigenvalue weighted by atomic mass is 9.73. The van der Waals surface area contributed by atoms with Crippen molar-refractivity contribution in [1.29, 1.82) is 0 Å². The van der Waals surface area contributed by atoms with E-state index in [1.807, 2.05) is 0 Å². The summed E-state index contributed by atoms with van der Waals surface area (Å²) in [6, 6.07) is 5.32. The first-order valence-corrected chi connectivity index (χ1v) is 8.73. The van der Waals surface area contributed by atoms with E-state index in [4.69, 9.17) is 23.2 Å². The lowest BCUT2D eigenvalue weighted by Crippen LogP contribution is -2.46. The molecule has 0 spiro atoms. The van der Waals surface area contributed by atoms with E-state index in [0.29, 0.717) is 15.6 Å². The number of piperidine rings is 1. The lowest BCUT2D eigenvalue weighted by molar-refractivity contribution is 0.0771. The molecule has 1 amide bonds. The van der Waals surface area contributed by atoms with Crippen molar-refractivity contribution in [3.8, 4) is 0 Å². The van der Waals surface area contributed by atoms with Gasteiger partial charge in [-0.05, 0) is 69.3 Å². The van der Waals surface area contributed by atoms with Gasteiger partial charge in [-0.2, -0.15) is 0 Å². The number of amides is 1. The highest BCUT2D eigenvalue weighted by Crippen LogP contribution is 2.36. The van der Waals surface area contributed by atoms with Crippen LogP contribution in [0.15, 0.2) is 18.2 Å². The van der Waals surface area contributed by atoms with Gasteiger partial charge in [0.05, 0.1) is 10.0 Å². The molecule has 0 aromatic heterocycles. The number of halogens is 2. The second-order valence-corrected chi connectivity index (χ2v) is 7.50. The third-order valence-electron chi connectivity index (χ3n) is 5.08. The first-order valence-electron chi connectivity index (χ1n) is 7.97. The first-order chi connectivity index (χ1) is 10.5. The van der Waals surface area contributed by atoms with E-state index in [2.05, 4.69) is 17.3 Å². The molecule has 1 saturated heterocycles. The Hall–Kier alpha value is -0.770. The molecule has 1 aromatic carbocycles. The van der Waals surface area contributed by atoms with Crippen LogP contribution in [0.4, 0.5) is 0 Å². The summed E-state index contributed by atoms with van der Waals surface area (Å²) in [5, 5.41) is 4.07. The number of fused-ring (bicyclic) bond motifs is 1. The maximum absolute atomic E-state index is 12.4. The van der Waals surface area contributed by atoms with Crippen molar-refractivity contribution >= 4 is 29.1 Å². The second-order valence-electron chi connectivity index (χ2n) is 6.68. The normalized spacial score (nSPS) is 29.0. The summed E-state index contributed by atoms with van der Waals surface area (Å²) in [4.78, 5) is 14.8. The summed E-state index contributed by atoms with van der Waals surface area (Å²) in [5.41, 5.74) is 0.583. The molecule has 1 aromatic rings. The minimum Gasteiger partial charge on any atom is -0.349 e. The van der Waals surface area contributed by atoms with Crippen LogP contribution in [-0.2, 0) is 0 Å². The largest absolute Gasteiger partial charge is 0.349 e.